The first-order valence-corrected chi connectivity index (χ1v) is 8.49. The normalized spacial score (nSPS) is 17.3. The van der Waals surface area contributed by atoms with Gasteiger partial charge in [-0.25, -0.2) is 10.6 Å². The van der Waals surface area contributed by atoms with Crippen LogP contribution >= 0.6 is 0 Å². The first kappa shape index (κ1) is 19.1. The van der Waals surface area contributed by atoms with E-state index >= 15 is 0 Å². The molecule has 2 amide bonds. The van der Waals surface area contributed by atoms with Gasteiger partial charge in [0.15, 0.2) is 0 Å². The van der Waals surface area contributed by atoms with Crippen LogP contribution in [-0.4, -0.2) is 41.7 Å². The van der Waals surface area contributed by atoms with Crippen molar-refractivity contribution in [2.24, 2.45) is 5.84 Å². The van der Waals surface area contributed by atoms with E-state index in [0.717, 1.165) is 18.4 Å². The number of hydrogen-bond acceptors (Lipinski definition) is 5. The fraction of sp³-hybridized carbons (Fsp3) is 0.556. The Kier molecular flexibility index (Phi) is 6.25. The van der Waals surface area contributed by atoms with Gasteiger partial charge in [-0.15, -0.1) is 0 Å². The molecule has 1 aliphatic rings. The van der Waals surface area contributed by atoms with E-state index in [4.69, 9.17) is 15.3 Å². The number of ether oxygens (including phenoxy) is 2. The molecule has 1 aliphatic heterocycles. The van der Waals surface area contributed by atoms with Crippen molar-refractivity contribution in [2.45, 2.75) is 51.7 Å². The number of rotatable bonds is 5. The predicted molar refractivity (Wildman–Crippen MR) is 93.9 cm³/mol. The number of nitrogens with two attached hydrogens (primary N) is 1. The van der Waals surface area contributed by atoms with Crippen molar-refractivity contribution < 1.29 is 19.1 Å². The van der Waals surface area contributed by atoms with Crippen LogP contribution in [0.3, 0.4) is 0 Å². The van der Waals surface area contributed by atoms with Gasteiger partial charge < -0.3 is 14.4 Å². The van der Waals surface area contributed by atoms with Gasteiger partial charge in [0.05, 0.1) is 12.5 Å². The van der Waals surface area contributed by atoms with Crippen LogP contribution in [0.15, 0.2) is 24.3 Å². The van der Waals surface area contributed by atoms with Crippen molar-refractivity contribution in [2.75, 3.05) is 13.2 Å². The lowest BCUT2D eigenvalue weighted by Gasteiger charge is -2.28. The highest BCUT2D eigenvalue weighted by Crippen LogP contribution is 2.22. The molecule has 1 aromatic rings. The van der Waals surface area contributed by atoms with Crippen LogP contribution in [-0.2, 0) is 16.0 Å². The summed E-state index contributed by atoms with van der Waals surface area (Å²) in [5.41, 5.74) is 2.41. The van der Waals surface area contributed by atoms with Crippen LogP contribution in [0.1, 0.15) is 39.2 Å². The van der Waals surface area contributed by atoms with Gasteiger partial charge in [-0.3, -0.25) is 10.2 Å². The highest BCUT2D eigenvalue weighted by Gasteiger charge is 2.32. The number of nitrogens with zero attached hydrogens (tertiary/aromatic N) is 1. The molecular formula is C18H27N3O4. The Morgan fingerprint density at radius 2 is 2.12 bits per heavy atom. The van der Waals surface area contributed by atoms with Gasteiger partial charge in [-0.2, -0.15) is 0 Å². The lowest BCUT2D eigenvalue weighted by molar-refractivity contribution is -0.120. The summed E-state index contributed by atoms with van der Waals surface area (Å²) in [5, 5.41) is 0. The Labute approximate surface area is 148 Å². The minimum atomic E-state index is -0.511. The fourth-order valence-corrected chi connectivity index (χ4v) is 2.74. The Morgan fingerprint density at radius 3 is 2.80 bits per heavy atom. The number of carbonyl (C=O) groups excluding carboxylic acids is 2. The average molecular weight is 349 g/mol. The smallest absolute Gasteiger partial charge is 0.410 e. The second-order valence-electron chi connectivity index (χ2n) is 7.17. The highest BCUT2D eigenvalue weighted by molar-refractivity contribution is 5.78. The van der Waals surface area contributed by atoms with Crippen LogP contribution < -0.4 is 16.0 Å². The summed E-state index contributed by atoms with van der Waals surface area (Å²) in [6.45, 7) is 6.64. The Balaban J connectivity index is 1.92. The van der Waals surface area contributed by atoms with E-state index in [0.29, 0.717) is 18.9 Å². The van der Waals surface area contributed by atoms with Crippen molar-refractivity contribution in [3.8, 4) is 5.75 Å². The molecule has 0 aliphatic carbocycles. The quantitative estimate of drug-likeness (QED) is 0.482. The molecule has 1 heterocycles. The van der Waals surface area contributed by atoms with Crippen molar-refractivity contribution in [1.29, 1.82) is 0 Å². The van der Waals surface area contributed by atoms with Crippen molar-refractivity contribution >= 4 is 12.0 Å². The van der Waals surface area contributed by atoms with E-state index in [1.54, 1.807) is 4.90 Å². The molecule has 0 radical (unpaired) electrons. The van der Waals surface area contributed by atoms with Crippen molar-refractivity contribution in [1.82, 2.24) is 10.3 Å². The maximum absolute atomic E-state index is 12.3. The van der Waals surface area contributed by atoms with Crippen LogP contribution in [0, 0.1) is 0 Å². The molecule has 138 valence electrons. The number of amides is 2. The molecule has 3 N–H and O–H groups in total. The van der Waals surface area contributed by atoms with Gasteiger partial charge in [0, 0.05) is 6.54 Å². The van der Waals surface area contributed by atoms with Gasteiger partial charge in [-0.1, -0.05) is 12.1 Å². The van der Waals surface area contributed by atoms with E-state index in [2.05, 4.69) is 5.43 Å². The lowest BCUT2D eigenvalue weighted by atomic mass is 10.1. The molecule has 7 nitrogen and oxygen atoms in total. The van der Waals surface area contributed by atoms with Crippen LogP contribution in [0.4, 0.5) is 4.79 Å². The van der Waals surface area contributed by atoms with E-state index in [9.17, 15) is 9.59 Å². The number of hydrogen-bond donors (Lipinski definition) is 2. The van der Waals surface area contributed by atoms with Gasteiger partial charge in [0.1, 0.15) is 18.0 Å². The third-order valence-electron chi connectivity index (χ3n) is 3.87. The summed E-state index contributed by atoms with van der Waals surface area (Å²) in [6.07, 6.45) is 1.71. The fourth-order valence-electron chi connectivity index (χ4n) is 2.74. The van der Waals surface area contributed by atoms with Crippen LogP contribution in [0.25, 0.3) is 0 Å². The summed E-state index contributed by atoms with van der Waals surface area (Å²) < 4.78 is 11.3. The van der Waals surface area contributed by atoms with E-state index in [1.807, 2.05) is 45.0 Å². The molecule has 0 saturated carbocycles. The van der Waals surface area contributed by atoms with Gasteiger partial charge in [0.25, 0.3) is 0 Å². The monoisotopic (exact) mass is 349 g/mol. The standard InChI is InChI=1S/C18H27N3O4/c1-18(2,3)25-17(23)21-9-5-7-14(21)12-24-15-8-4-6-13(10-15)11-16(22)20-19/h4,6,8,10,14H,5,7,9,11-12,19H2,1-3H3,(H,20,22)/t14-/m0/s1. The molecule has 7 heteroatoms. The molecule has 2 rings (SSSR count). The van der Waals surface area contributed by atoms with E-state index in [1.165, 1.54) is 0 Å². The van der Waals surface area contributed by atoms with E-state index < -0.39 is 5.60 Å². The first-order chi connectivity index (χ1) is 11.8. The Morgan fingerprint density at radius 1 is 1.36 bits per heavy atom. The number of nitrogens with one attached hydrogen (secondary N) is 1. The lowest BCUT2D eigenvalue weighted by Crippen LogP contribution is -2.42. The molecule has 1 saturated heterocycles. The largest absolute Gasteiger partial charge is 0.491 e. The van der Waals surface area contributed by atoms with Gasteiger partial charge in [0.2, 0.25) is 5.91 Å². The molecule has 1 fully saturated rings. The summed E-state index contributed by atoms with van der Waals surface area (Å²) in [5.74, 6) is 5.51. The van der Waals surface area contributed by atoms with Crippen molar-refractivity contribution in [3.63, 3.8) is 0 Å². The van der Waals surface area contributed by atoms with Gasteiger partial charge in [-0.05, 0) is 51.3 Å². The van der Waals surface area contributed by atoms with Crippen LogP contribution in [0.2, 0.25) is 0 Å². The zero-order valence-electron chi connectivity index (χ0n) is 15.1. The van der Waals surface area contributed by atoms with Crippen LogP contribution in [0.5, 0.6) is 5.75 Å². The van der Waals surface area contributed by atoms with E-state index in [-0.39, 0.29) is 24.5 Å². The Bertz CT molecular complexity index is 613. The molecule has 0 aromatic heterocycles. The molecule has 0 spiro atoms. The predicted octanol–water partition coefficient (Wildman–Crippen LogP) is 2.00. The molecule has 0 bridgehead atoms. The molecule has 0 unspecified atom stereocenters. The maximum Gasteiger partial charge on any atom is 0.410 e. The summed E-state index contributed by atoms with van der Waals surface area (Å²) in [4.78, 5) is 25.4. The molecule has 1 aromatic carbocycles. The Hall–Kier alpha value is -2.28. The number of carbonyl (C=O) groups is 2. The SMILES string of the molecule is CC(C)(C)OC(=O)N1CCC[C@H]1COc1cccc(CC(=O)NN)c1. The summed E-state index contributed by atoms with van der Waals surface area (Å²) >= 11 is 0. The van der Waals surface area contributed by atoms with Gasteiger partial charge >= 0.3 is 6.09 Å². The second kappa shape index (κ2) is 8.20. The molecule has 1 atom stereocenters. The molecule has 25 heavy (non-hydrogen) atoms. The molecular weight excluding hydrogens is 322 g/mol. The number of likely N-dealkylation sites (tertiary alicyclic amines) is 1. The highest BCUT2D eigenvalue weighted by atomic mass is 16.6. The maximum atomic E-state index is 12.3. The summed E-state index contributed by atoms with van der Waals surface area (Å²) in [6, 6.07) is 7.30. The minimum Gasteiger partial charge on any atom is -0.491 e. The van der Waals surface area contributed by atoms with Crippen molar-refractivity contribution in [3.05, 3.63) is 29.8 Å². The number of benzene rings is 1. The zero-order valence-corrected chi connectivity index (χ0v) is 15.1. The second-order valence-corrected chi connectivity index (χ2v) is 7.17. The zero-order chi connectivity index (χ0) is 18.4. The third kappa shape index (κ3) is 5.94. The first-order valence-electron chi connectivity index (χ1n) is 8.49. The average Bonchev–Trinajstić information content (AvgIpc) is 3.00. The summed E-state index contributed by atoms with van der Waals surface area (Å²) in [7, 11) is 0. The topological polar surface area (TPSA) is 93.9 Å². The minimum absolute atomic E-state index is 0.00848. The number of hydrazine groups is 1. The third-order valence-corrected chi connectivity index (χ3v) is 3.87.